The molecular formula is C32H33FN2O5S. The highest BCUT2D eigenvalue weighted by atomic mass is 32.2. The summed E-state index contributed by atoms with van der Waals surface area (Å²) in [7, 11) is 3.21. The summed E-state index contributed by atoms with van der Waals surface area (Å²) in [4.78, 5) is 20.3. The summed E-state index contributed by atoms with van der Waals surface area (Å²) in [6.45, 7) is 7.21. The third-order valence-electron chi connectivity index (χ3n) is 6.12. The Morgan fingerprint density at radius 3 is 2.46 bits per heavy atom. The molecular weight excluding hydrogens is 543 g/mol. The first-order valence-corrected chi connectivity index (χ1v) is 14.0. The number of halogens is 1. The summed E-state index contributed by atoms with van der Waals surface area (Å²) in [6, 6.07) is 17.3. The monoisotopic (exact) mass is 576 g/mol. The molecule has 0 radical (unpaired) electrons. The molecule has 0 atom stereocenters. The van der Waals surface area contributed by atoms with Gasteiger partial charge in [-0.1, -0.05) is 18.2 Å². The Bertz CT molecular complexity index is 1420. The van der Waals surface area contributed by atoms with Crippen molar-refractivity contribution < 1.29 is 28.1 Å². The molecule has 41 heavy (non-hydrogen) atoms. The van der Waals surface area contributed by atoms with Gasteiger partial charge in [-0.15, -0.1) is 6.58 Å². The lowest BCUT2D eigenvalue weighted by Crippen LogP contribution is -2.32. The lowest BCUT2D eigenvalue weighted by atomic mass is 10.0. The van der Waals surface area contributed by atoms with Crippen LogP contribution in [0.15, 0.2) is 83.2 Å². The molecule has 3 aromatic carbocycles. The van der Waals surface area contributed by atoms with Crippen molar-refractivity contribution in [3.63, 3.8) is 0 Å². The van der Waals surface area contributed by atoms with E-state index in [0.29, 0.717) is 53.4 Å². The van der Waals surface area contributed by atoms with Gasteiger partial charge in [0.05, 0.1) is 37.5 Å². The number of carbonyl (C=O) groups excluding carboxylic acids is 1. The van der Waals surface area contributed by atoms with Gasteiger partial charge < -0.3 is 18.9 Å². The molecule has 1 aliphatic rings. The van der Waals surface area contributed by atoms with Gasteiger partial charge >= 0.3 is 0 Å². The van der Waals surface area contributed by atoms with E-state index in [4.69, 9.17) is 23.9 Å². The van der Waals surface area contributed by atoms with Gasteiger partial charge in [-0.2, -0.15) is 0 Å². The van der Waals surface area contributed by atoms with E-state index in [1.54, 1.807) is 37.3 Å². The molecule has 0 bridgehead atoms. The highest BCUT2D eigenvalue weighted by molar-refractivity contribution is 8.18. The van der Waals surface area contributed by atoms with Crippen molar-refractivity contribution >= 4 is 34.6 Å². The van der Waals surface area contributed by atoms with Gasteiger partial charge in [0.1, 0.15) is 18.2 Å². The van der Waals surface area contributed by atoms with Crippen molar-refractivity contribution in [3.05, 3.63) is 101 Å². The number of nitrogens with zero attached hydrogens (tertiary/aromatic N) is 2. The van der Waals surface area contributed by atoms with Crippen LogP contribution in [0.5, 0.6) is 17.2 Å². The Balaban J connectivity index is 1.66. The first kappa shape index (κ1) is 29.9. The number of carbonyl (C=O) groups is 1. The van der Waals surface area contributed by atoms with E-state index in [1.807, 2.05) is 49.4 Å². The summed E-state index contributed by atoms with van der Waals surface area (Å²) >= 11 is 1.31. The van der Waals surface area contributed by atoms with Crippen LogP contribution in [0.4, 0.5) is 10.1 Å². The number of amides is 1. The number of hydrogen-bond donors (Lipinski definition) is 0. The molecule has 7 nitrogen and oxygen atoms in total. The van der Waals surface area contributed by atoms with Crippen LogP contribution in [0.2, 0.25) is 0 Å². The maximum absolute atomic E-state index is 13.5. The van der Waals surface area contributed by atoms with E-state index in [0.717, 1.165) is 22.4 Å². The predicted molar refractivity (Wildman–Crippen MR) is 161 cm³/mol. The van der Waals surface area contributed by atoms with Crippen molar-refractivity contribution in [1.82, 2.24) is 4.90 Å². The van der Waals surface area contributed by atoms with Gasteiger partial charge in [0.2, 0.25) is 0 Å². The molecule has 214 valence electrons. The zero-order valence-corrected chi connectivity index (χ0v) is 24.2. The number of aliphatic imine (C=N–C) groups is 1. The lowest BCUT2D eigenvalue weighted by Gasteiger charge is -2.17. The normalized spacial score (nSPS) is 15.0. The van der Waals surface area contributed by atoms with E-state index >= 15 is 0 Å². The second kappa shape index (κ2) is 14.5. The number of methoxy groups -OCH3 is 2. The molecule has 0 aromatic heterocycles. The van der Waals surface area contributed by atoms with Gasteiger partial charge in [-0.25, -0.2) is 9.38 Å². The van der Waals surface area contributed by atoms with Crippen LogP contribution in [0.3, 0.4) is 0 Å². The van der Waals surface area contributed by atoms with Crippen LogP contribution in [0.1, 0.15) is 23.6 Å². The fraction of sp³-hybridized carbons (Fsp3) is 0.250. The topological polar surface area (TPSA) is 69.6 Å². The van der Waals surface area contributed by atoms with Crippen molar-refractivity contribution in [3.8, 4) is 17.2 Å². The fourth-order valence-corrected chi connectivity index (χ4v) is 5.15. The van der Waals surface area contributed by atoms with E-state index in [2.05, 4.69) is 6.58 Å². The van der Waals surface area contributed by atoms with E-state index in [-0.39, 0.29) is 18.3 Å². The van der Waals surface area contributed by atoms with Crippen LogP contribution in [-0.4, -0.2) is 50.0 Å². The molecule has 9 heteroatoms. The third-order valence-corrected chi connectivity index (χ3v) is 7.12. The Morgan fingerprint density at radius 2 is 1.80 bits per heavy atom. The Morgan fingerprint density at radius 1 is 1.05 bits per heavy atom. The van der Waals surface area contributed by atoms with Crippen molar-refractivity contribution in [2.75, 3.05) is 34.0 Å². The number of amidine groups is 1. The lowest BCUT2D eigenvalue weighted by molar-refractivity contribution is -0.122. The smallest absolute Gasteiger partial charge is 0.266 e. The summed E-state index contributed by atoms with van der Waals surface area (Å²) in [6.07, 6.45) is 4.15. The van der Waals surface area contributed by atoms with Crippen LogP contribution < -0.4 is 14.2 Å². The molecule has 3 aromatic rings. The molecule has 0 unspecified atom stereocenters. The van der Waals surface area contributed by atoms with Crippen molar-refractivity contribution in [2.45, 2.75) is 20.0 Å². The van der Waals surface area contributed by atoms with E-state index in [1.165, 1.54) is 23.9 Å². The highest BCUT2D eigenvalue weighted by Crippen LogP contribution is 2.38. The molecule has 0 aliphatic carbocycles. The second-order valence-electron chi connectivity index (χ2n) is 9.00. The van der Waals surface area contributed by atoms with Crippen molar-refractivity contribution in [1.29, 1.82) is 0 Å². The summed E-state index contributed by atoms with van der Waals surface area (Å²) in [5, 5.41) is 0.569. The SMILES string of the molecule is C=CCc1cc(/C=C2\SC(=Nc3ccc(OC)cc3)N(CCOC)C2=O)cc(OCC)c1OCc1ccc(F)cc1. The van der Waals surface area contributed by atoms with Crippen LogP contribution in [-0.2, 0) is 22.6 Å². The maximum atomic E-state index is 13.5. The first-order valence-electron chi connectivity index (χ1n) is 13.2. The van der Waals surface area contributed by atoms with Crippen LogP contribution in [0, 0.1) is 5.82 Å². The summed E-state index contributed by atoms with van der Waals surface area (Å²) < 4.78 is 35.9. The number of thioether (sulfide) groups is 1. The Kier molecular flexibility index (Phi) is 10.6. The number of ether oxygens (including phenoxy) is 4. The zero-order valence-electron chi connectivity index (χ0n) is 23.4. The molecule has 4 rings (SSSR count). The molecule has 0 N–H and O–H groups in total. The zero-order chi connectivity index (χ0) is 29.2. The molecule has 1 fully saturated rings. The minimum absolute atomic E-state index is 0.154. The van der Waals surface area contributed by atoms with E-state index in [9.17, 15) is 9.18 Å². The average Bonchev–Trinajstić information content (AvgIpc) is 3.26. The summed E-state index contributed by atoms with van der Waals surface area (Å²) in [5.41, 5.74) is 3.18. The number of rotatable bonds is 13. The van der Waals surface area contributed by atoms with Crippen LogP contribution >= 0.6 is 11.8 Å². The number of benzene rings is 3. The standard InChI is InChI=1S/C32H33FN2O5S/c1-5-7-24-18-23(19-28(39-6-2)30(24)40-21-22-8-10-25(33)11-9-22)20-29-31(36)35(16-17-37-3)32(41-29)34-26-12-14-27(38-4)15-13-26/h5,8-15,18-20H,1,6-7,16-17,21H2,2-4H3/b29-20-,34-32?. The molecule has 1 aliphatic heterocycles. The molecule has 0 saturated carbocycles. The number of hydrogen-bond acceptors (Lipinski definition) is 7. The molecule has 0 spiro atoms. The van der Waals surface area contributed by atoms with Gasteiger partial charge in [0.15, 0.2) is 16.7 Å². The predicted octanol–water partition coefficient (Wildman–Crippen LogP) is 6.79. The van der Waals surface area contributed by atoms with E-state index < -0.39 is 0 Å². The van der Waals surface area contributed by atoms with Gasteiger partial charge in [-0.3, -0.25) is 9.69 Å². The quantitative estimate of drug-likeness (QED) is 0.165. The van der Waals surface area contributed by atoms with Crippen LogP contribution in [0.25, 0.3) is 6.08 Å². The second-order valence-corrected chi connectivity index (χ2v) is 10.0. The largest absolute Gasteiger partial charge is 0.497 e. The first-order chi connectivity index (χ1) is 19.9. The molecule has 1 heterocycles. The maximum Gasteiger partial charge on any atom is 0.266 e. The minimum atomic E-state index is -0.300. The molecule has 1 saturated heterocycles. The average molecular weight is 577 g/mol. The Hall–Kier alpha value is -4.08. The minimum Gasteiger partial charge on any atom is -0.497 e. The molecule has 1 amide bonds. The third kappa shape index (κ3) is 7.77. The highest BCUT2D eigenvalue weighted by Gasteiger charge is 2.33. The van der Waals surface area contributed by atoms with Gasteiger partial charge in [-0.05, 0) is 90.8 Å². The Labute approximate surface area is 244 Å². The van der Waals surface area contributed by atoms with Crippen molar-refractivity contribution in [2.24, 2.45) is 4.99 Å². The van der Waals surface area contributed by atoms with Gasteiger partial charge in [0, 0.05) is 12.7 Å². The summed E-state index contributed by atoms with van der Waals surface area (Å²) in [5.74, 6) is 1.42. The van der Waals surface area contributed by atoms with Gasteiger partial charge in [0.25, 0.3) is 5.91 Å². The number of allylic oxidation sites excluding steroid dienone is 1. The fourth-order valence-electron chi connectivity index (χ4n) is 4.13.